The topological polar surface area (TPSA) is 38.5 Å². The summed E-state index contributed by atoms with van der Waals surface area (Å²) in [5.41, 5.74) is 5.79. The highest BCUT2D eigenvalue weighted by Crippen LogP contribution is 2.16. The first-order valence-corrected chi connectivity index (χ1v) is 4.57. The van der Waals surface area contributed by atoms with Crippen LogP contribution in [0.3, 0.4) is 0 Å². The van der Waals surface area contributed by atoms with E-state index in [0.717, 1.165) is 13.0 Å². The Kier molecular flexibility index (Phi) is 5.46. The number of likely N-dealkylation sites (N-methyl/N-ethyl adjacent to an activating group) is 1. The third-order valence-electron chi connectivity index (χ3n) is 2.74. The molecule has 0 aliphatic rings. The lowest BCUT2D eigenvalue weighted by atomic mass is 9.95. The molecule has 2 N–H and O–H groups in total. The quantitative estimate of drug-likeness (QED) is 0.644. The molecule has 0 aliphatic carbocycles. The Morgan fingerprint density at radius 2 is 2.00 bits per heavy atom. The van der Waals surface area contributed by atoms with Crippen LogP contribution in [0.5, 0.6) is 0 Å². The van der Waals surface area contributed by atoms with Crippen LogP contribution in [-0.4, -0.2) is 44.3 Å². The molecule has 0 rings (SSSR count). The fourth-order valence-corrected chi connectivity index (χ4v) is 1.45. The summed E-state index contributed by atoms with van der Waals surface area (Å²) in [7, 11) is 3.82. The standard InChI is InChI=1S/C9H22N2O/c1-5-9(7-10,8-12-4)11(3)6-2/h5-8,10H2,1-4H3. The van der Waals surface area contributed by atoms with Gasteiger partial charge in [-0.2, -0.15) is 0 Å². The maximum Gasteiger partial charge on any atom is 0.0658 e. The highest BCUT2D eigenvalue weighted by Gasteiger charge is 2.30. The van der Waals surface area contributed by atoms with Crippen LogP contribution >= 0.6 is 0 Å². The second-order valence-corrected chi connectivity index (χ2v) is 3.23. The van der Waals surface area contributed by atoms with Gasteiger partial charge >= 0.3 is 0 Å². The zero-order valence-electron chi connectivity index (χ0n) is 8.76. The van der Waals surface area contributed by atoms with E-state index in [1.165, 1.54) is 0 Å². The summed E-state index contributed by atoms with van der Waals surface area (Å²) >= 11 is 0. The van der Waals surface area contributed by atoms with Crippen molar-refractivity contribution in [1.82, 2.24) is 4.90 Å². The molecule has 1 atom stereocenters. The second-order valence-electron chi connectivity index (χ2n) is 3.23. The average molecular weight is 174 g/mol. The summed E-state index contributed by atoms with van der Waals surface area (Å²) in [6, 6.07) is 0. The third kappa shape index (κ3) is 2.44. The van der Waals surface area contributed by atoms with Gasteiger partial charge in [0, 0.05) is 13.7 Å². The van der Waals surface area contributed by atoms with Gasteiger partial charge in [0.05, 0.1) is 12.1 Å². The molecule has 0 saturated heterocycles. The van der Waals surface area contributed by atoms with Crippen LogP contribution in [0.1, 0.15) is 20.3 Å². The number of nitrogens with two attached hydrogens (primary N) is 1. The highest BCUT2D eigenvalue weighted by molar-refractivity contribution is 4.88. The van der Waals surface area contributed by atoms with Gasteiger partial charge in [0.2, 0.25) is 0 Å². The summed E-state index contributed by atoms with van der Waals surface area (Å²) in [6.07, 6.45) is 1.03. The van der Waals surface area contributed by atoms with Crippen molar-refractivity contribution in [3.8, 4) is 0 Å². The molecule has 0 heterocycles. The van der Waals surface area contributed by atoms with E-state index in [1.807, 2.05) is 0 Å². The molecule has 12 heavy (non-hydrogen) atoms. The molecule has 3 nitrogen and oxygen atoms in total. The average Bonchev–Trinajstić information content (AvgIpc) is 2.13. The van der Waals surface area contributed by atoms with E-state index in [1.54, 1.807) is 7.11 Å². The maximum atomic E-state index is 5.76. The number of methoxy groups -OCH3 is 1. The summed E-state index contributed by atoms with van der Waals surface area (Å²) in [6.45, 7) is 6.66. The van der Waals surface area contributed by atoms with Gasteiger partial charge in [0.1, 0.15) is 0 Å². The molecule has 0 aromatic rings. The van der Waals surface area contributed by atoms with Crippen LogP contribution in [0, 0.1) is 0 Å². The van der Waals surface area contributed by atoms with E-state index in [0.29, 0.717) is 13.2 Å². The predicted octanol–water partition coefficient (Wildman–Crippen LogP) is 0.692. The normalized spacial score (nSPS) is 16.5. The van der Waals surface area contributed by atoms with Gasteiger partial charge in [-0.3, -0.25) is 4.90 Å². The van der Waals surface area contributed by atoms with Crippen molar-refractivity contribution in [2.45, 2.75) is 25.8 Å². The maximum absolute atomic E-state index is 5.76. The molecule has 0 aromatic heterocycles. The largest absolute Gasteiger partial charge is 0.383 e. The van der Waals surface area contributed by atoms with Gasteiger partial charge in [-0.25, -0.2) is 0 Å². The van der Waals surface area contributed by atoms with Crippen LogP contribution < -0.4 is 5.73 Å². The zero-order chi connectivity index (χ0) is 9.61. The number of nitrogens with zero attached hydrogens (tertiary/aromatic N) is 1. The molecule has 1 unspecified atom stereocenters. The lowest BCUT2D eigenvalue weighted by Gasteiger charge is -2.39. The molecule has 74 valence electrons. The molecule has 0 aromatic carbocycles. The minimum atomic E-state index is 0.0312. The van der Waals surface area contributed by atoms with Gasteiger partial charge in [-0.15, -0.1) is 0 Å². The molecule has 0 amide bonds. The number of rotatable bonds is 6. The van der Waals surface area contributed by atoms with Gasteiger partial charge in [0.25, 0.3) is 0 Å². The van der Waals surface area contributed by atoms with Crippen LogP contribution in [-0.2, 0) is 4.74 Å². The van der Waals surface area contributed by atoms with E-state index < -0.39 is 0 Å². The second kappa shape index (κ2) is 5.51. The Balaban J connectivity index is 4.33. The van der Waals surface area contributed by atoms with Crippen molar-refractivity contribution < 1.29 is 4.74 Å². The first kappa shape index (κ1) is 11.9. The van der Waals surface area contributed by atoms with Gasteiger partial charge < -0.3 is 10.5 Å². The summed E-state index contributed by atoms with van der Waals surface area (Å²) in [5, 5.41) is 0. The van der Waals surface area contributed by atoms with Gasteiger partial charge in [0.15, 0.2) is 0 Å². The van der Waals surface area contributed by atoms with E-state index in [4.69, 9.17) is 10.5 Å². The minimum Gasteiger partial charge on any atom is -0.383 e. The van der Waals surface area contributed by atoms with Crippen LogP contribution in [0.25, 0.3) is 0 Å². The van der Waals surface area contributed by atoms with Crippen LogP contribution in [0.15, 0.2) is 0 Å². The van der Waals surface area contributed by atoms with Crippen molar-refractivity contribution in [2.75, 3.05) is 33.9 Å². The molecule has 0 spiro atoms. The Morgan fingerprint density at radius 1 is 1.42 bits per heavy atom. The summed E-state index contributed by atoms with van der Waals surface area (Å²) in [5.74, 6) is 0. The predicted molar refractivity (Wildman–Crippen MR) is 52.3 cm³/mol. The Hall–Kier alpha value is -0.120. The number of hydrogen-bond acceptors (Lipinski definition) is 3. The van der Waals surface area contributed by atoms with Gasteiger partial charge in [-0.05, 0) is 20.0 Å². The SMILES string of the molecule is CCN(C)C(CC)(CN)COC. The summed E-state index contributed by atoms with van der Waals surface area (Å²) in [4.78, 5) is 2.26. The molecule has 0 bridgehead atoms. The van der Waals surface area contributed by atoms with Crippen molar-refractivity contribution >= 4 is 0 Å². The molecule has 3 heteroatoms. The fourth-order valence-electron chi connectivity index (χ4n) is 1.45. The lowest BCUT2D eigenvalue weighted by molar-refractivity contribution is 0.0311. The smallest absolute Gasteiger partial charge is 0.0658 e. The molecular weight excluding hydrogens is 152 g/mol. The van der Waals surface area contributed by atoms with E-state index >= 15 is 0 Å². The molecular formula is C9H22N2O. The van der Waals surface area contributed by atoms with Crippen molar-refractivity contribution in [3.63, 3.8) is 0 Å². The van der Waals surface area contributed by atoms with E-state index in [9.17, 15) is 0 Å². The monoisotopic (exact) mass is 174 g/mol. The van der Waals surface area contributed by atoms with E-state index in [-0.39, 0.29) is 5.54 Å². The van der Waals surface area contributed by atoms with Crippen molar-refractivity contribution in [3.05, 3.63) is 0 Å². The molecule has 0 radical (unpaired) electrons. The number of ether oxygens (including phenoxy) is 1. The Labute approximate surface area is 75.9 Å². The Bertz CT molecular complexity index is 113. The fraction of sp³-hybridized carbons (Fsp3) is 1.00. The molecule has 0 fully saturated rings. The van der Waals surface area contributed by atoms with Crippen LogP contribution in [0.2, 0.25) is 0 Å². The first-order valence-electron chi connectivity index (χ1n) is 4.57. The summed E-state index contributed by atoms with van der Waals surface area (Å²) < 4.78 is 5.19. The van der Waals surface area contributed by atoms with Crippen molar-refractivity contribution in [1.29, 1.82) is 0 Å². The van der Waals surface area contributed by atoms with Gasteiger partial charge in [-0.1, -0.05) is 13.8 Å². The minimum absolute atomic E-state index is 0.0312. The lowest BCUT2D eigenvalue weighted by Crippen LogP contribution is -2.54. The zero-order valence-corrected chi connectivity index (χ0v) is 8.76. The first-order chi connectivity index (χ1) is 5.66. The van der Waals surface area contributed by atoms with E-state index in [2.05, 4.69) is 25.8 Å². The molecule has 0 aliphatic heterocycles. The third-order valence-corrected chi connectivity index (χ3v) is 2.74. The van der Waals surface area contributed by atoms with Crippen LogP contribution in [0.4, 0.5) is 0 Å². The van der Waals surface area contributed by atoms with Crippen molar-refractivity contribution in [2.24, 2.45) is 5.73 Å². The molecule has 0 saturated carbocycles. The number of hydrogen-bond donors (Lipinski definition) is 1. The Morgan fingerprint density at radius 3 is 2.25 bits per heavy atom. The highest BCUT2D eigenvalue weighted by atomic mass is 16.5.